The first-order chi connectivity index (χ1) is 6.84. The van der Waals surface area contributed by atoms with Crippen LogP contribution in [-0.2, 0) is 4.79 Å². The predicted octanol–water partition coefficient (Wildman–Crippen LogP) is 1.83. The van der Waals surface area contributed by atoms with Crippen molar-refractivity contribution in [1.82, 2.24) is 10.2 Å². The van der Waals surface area contributed by atoms with Crippen LogP contribution in [0.25, 0.3) is 0 Å². The molecule has 1 N–H and O–H groups in total. The molecule has 1 atom stereocenters. The number of amides is 1. The number of hydrogen-bond donors (Lipinski definition) is 1. The van der Waals surface area contributed by atoms with Crippen LogP contribution in [0.2, 0.25) is 0 Å². The van der Waals surface area contributed by atoms with E-state index in [4.69, 9.17) is 0 Å². The van der Waals surface area contributed by atoms with Crippen LogP contribution in [0.4, 0.5) is 5.13 Å². The highest BCUT2D eigenvalue weighted by Crippen LogP contribution is 2.21. The molecule has 4 nitrogen and oxygen atoms in total. The number of hydrogen-bond acceptors (Lipinski definition) is 4. The third-order valence-corrected chi connectivity index (χ3v) is 2.77. The van der Waals surface area contributed by atoms with E-state index in [0.717, 1.165) is 12.8 Å². The lowest BCUT2D eigenvalue weighted by Gasteiger charge is -2.05. The highest BCUT2D eigenvalue weighted by atomic mass is 32.1. The number of nitrogens with one attached hydrogen (secondary N) is 1. The van der Waals surface area contributed by atoms with Crippen LogP contribution < -0.4 is 5.32 Å². The Kier molecular flexibility index (Phi) is 2.88. The Labute approximate surface area is 86.1 Å². The number of aromatic nitrogens is 2. The van der Waals surface area contributed by atoms with Crippen LogP contribution in [-0.4, -0.2) is 16.1 Å². The fraction of sp³-hybridized carbons (Fsp3) is 0.444. The molecule has 2 rings (SSSR count). The van der Waals surface area contributed by atoms with Crippen molar-refractivity contribution in [2.24, 2.45) is 5.92 Å². The topological polar surface area (TPSA) is 54.9 Å². The summed E-state index contributed by atoms with van der Waals surface area (Å²) in [6.07, 6.45) is 6.97. The van der Waals surface area contributed by atoms with Gasteiger partial charge in [0.1, 0.15) is 5.51 Å². The molecule has 1 heterocycles. The van der Waals surface area contributed by atoms with E-state index in [2.05, 4.69) is 27.7 Å². The zero-order chi connectivity index (χ0) is 9.80. The van der Waals surface area contributed by atoms with Gasteiger partial charge in [0.15, 0.2) is 0 Å². The third-order valence-electron chi connectivity index (χ3n) is 2.17. The molecule has 5 heteroatoms. The molecule has 1 aliphatic rings. The van der Waals surface area contributed by atoms with E-state index < -0.39 is 0 Å². The second-order valence-electron chi connectivity index (χ2n) is 3.26. The molecule has 0 spiro atoms. The SMILES string of the molecule is O=C(C[C@@H]1C=CCC1)Nc1nncs1. The summed E-state index contributed by atoms with van der Waals surface area (Å²) in [5.41, 5.74) is 1.60. The zero-order valence-corrected chi connectivity index (χ0v) is 8.46. The molecule has 14 heavy (non-hydrogen) atoms. The molecular formula is C9H11N3OS. The van der Waals surface area contributed by atoms with Crippen molar-refractivity contribution in [2.45, 2.75) is 19.3 Å². The van der Waals surface area contributed by atoms with Crippen molar-refractivity contribution in [3.05, 3.63) is 17.7 Å². The second kappa shape index (κ2) is 4.32. The van der Waals surface area contributed by atoms with Crippen LogP contribution >= 0.6 is 11.3 Å². The summed E-state index contributed by atoms with van der Waals surface area (Å²) in [6.45, 7) is 0. The highest BCUT2D eigenvalue weighted by Gasteiger charge is 2.14. The zero-order valence-electron chi connectivity index (χ0n) is 7.64. The van der Waals surface area contributed by atoms with E-state index in [1.165, 1.54) is 11.3 Å². The minimum absolute atomic E-state index is 0.0262. The van der Waals surface area contributed by atoms with Gasteiger partial charge in [0.05, 0.1) is 0 Å². The summed E-state index contributed by atoms with van der Waals surface area (Å²) in [7, 11) is 0. The normalized spacial score (nSPS) is 19.9. The van der Waals surface area contributed by atoms with Gasteiger partial charge >= 0.3 is 0 Å². The minimum atomic E-state index is 0.0262. The Morgan fingerprint density at radius 2 is 2.64 bits per heavy atom. The minimum Gasteiger partial charge on any atom is -0.301 e. The smallest absolute Gasteiger partial charge is 0.226 e. The van der Waals surface area contributed by atoms with Crippen LogP contribution in [0, 0.1) is 5.92 Å². The van der Waals surface area contributed by atoms with E-state index in [-0.39, 0.29) is 5.91 Å². The van der Waals surface area contributed by atoms with Crippen molar-refractivity contribution in [3.63, 3.8) is 0 Å². The largest absolute Gasteiger partial charge is 0.301 e. The Morgan fingerprint density at radius 1 is 1.71 bits per heavy atom. The van der Waals surface area contributed by atoms with E-state index in [0.29, 0.717) is 17.5 Å². The Hall–Kier alpha value is -1.23. The quantitative estimate of drug-likeness (QED) is 0.773. The van der Waals surface area contributed by atoms with Crippen molar-refractivity contribution >= 4 is 22.4 Å². The van der Waals surface area contributed by atoms with Crippen LogP contribution in [0.15, 0.2) is 17.7 Å². The maximum atomic E-state index is 11.5. The maximum Gasteiger partial charge on any atom is 0.226 e. The van der Waals surface area contributed by atoms with Crippen LogP contribution in [0.5, 0.6) is 0 Å². The van der Waals surface area contributed by atoms with Gasteiger partial charge in [-0.15, -0.1) is 10.2 Å². The van der Waals surface area contributed by atoms with E-state index in [9.17, 15) is 4.79 Å². The van der Waals surface area contributed by atoms with Gasteiger partial charge in [0.25, 0.3) is 0 Å². The average molecular weight is 209 g/mol. The number of carbonyl (C=O) groups excluding carboxylic acids is 1. The molecule has 1 aromatic heterocycles. The summed E-state index contributed by atoms with van der Waals surface area (Å²) in [5.74, 6) is 0.432. The second-order valence-corrected chi connectivity index (χ2v) is 4.09. The van der Waals surface area contributed by atoms with Crippen molar-refractivity contribution in [2.75, 3.05) is 5.32 Å². The molecule has 0 saturated carbocycles. The molecule has 1 aromatic rings. The summed E-state index contributed by atoms with van der Waals surface area (Å²) in [4.78, 5) is 11.5. The highest BCUT2D eigenvalue weighted by molar-refractivity contribution is 7.13. The Morgan fingerprint density at radius 3 is 3.29 bits per heavy atom. The number of allylic oxidation sites excluding steroid dienone is 2. The molecular weight excluding hydrogens is 198 g/mol. The summed E-state index contributed by atoms with van der Waals surface area (Å²) < 4.78 is 0. The fourth-order valence-corrected chi connectivity index (χ4v) is 1.96. The van der Waals surface area contributed by atoms with Crippen molar-refractivity contribution in [1.29, 1.82) is 0 Å². The van der Waals surface area contributed by atoms with Gasteiger partial charge in [-0.05, 0) is 18.8 Å². The van der Waals surface area contributed by atoms with Crippen LogP contribution in [0.3, 0.4) is 0 Å². The first kappa shape index (κ1) is 9.33. The molecule has 0 saturated heterocycles. The standard InChI is InChI=1S/C9H11N3OS/c13-8(5-7-3-1-2-4-7)11-9-12-10-6-14-9/h1,3,6-7H,2,4-5H2,(H,11,12,13)/t7-/m1/s1. The molecule has 0 aliphatic heterocycles. The molecule has 1 amide bonds. The number of nitrogens with zero attached hydrogens (tertiary/aromatic N) is 2. The molecule has 0 radical (unpaired) electrons. The van der Waals surface area contributed by atoms with Gasteiger partial charge < -0.3 is 5.32 Å². The summed E-state index contributed by atoms with van der Waals surface area (Å²) >= 11 is 1.34. The van der Waals surface area contributed by atoms with Gasteiger partial charge in [-0.2, -0.15) is 0 Å². The van der Waals surface area contributed by atoms with Crippen molar-refractivity contribution in [3.8, 4) is 0 Å². The molecule has 0 bridgehead atoms. The molecule has 0 aromatic carbocycles. The predicted molar refractivity (Wildman–Crippen MR) is 55.0 cm³/mol. The van der Waals surface area contributed by atoms with Gasteiger partial charge in [-0.25, -0.2) is 0 Å². The fourth-order valence-electron chi connectivity index (χ4n) is 1.50. The van der Waals surface area contributed by atoms with E-state index in [1.807, 2.05) is 0 Å². The first-order valence-corrected chi connectivity index (χ1v) is 5.45. The van der Waals surface area contributed by atoms with Gasteiger partial charge in [-0.1, -0.05) is 23.5 Å². The number of rotatable bonds is 3. The Balaban J connectivity index is 1.81. The maximum absolute atomic E-state index is 11.5. The molecule has 1 aliphatic carbocycles. The van der Waals surface area contributed by atoms with Gasteiger partial charge in [0.2, 0.25) is 11.0 Å². The van der Waals surface area contributed by atoms with E-state index in [1.54, 1.807) is 5.51 Å². The average Bonchev–Trinajstić information content (AvgIpc) is 2.76. The molecule has 74 valence electrons. The number of carbonyl (C=O) groups is 1. The lowest BCUT2D eigenvalue weighted by Crippen LogP contribution is -2.14. The Bertz CT molecular complexity index is 334. The summed E-state index contributed by atoms with van der Waals surface area (Å²) in [5, 5.41) is 10.7. The molecule has 0 unspecified atom stereocenters. The summed E-state index contributed by atoms with van der Waals surface area (Å²) in [6, 6.07) is 0. The van der Waals surface area contributed by atoms with E-state index >= 15 is 0 Å². The van der Waals surface area contributed by atoms with Gasteiger partial charge in [0, 0.05) is 6.42 Å². The first-order valence-electron chi connectivity index (χ1n) is 4.57. The lowest BCUT2D eigenvalue weighted by molar-refractivity contribution is -0.116. The van der Waals surface area contributed by atoms with Gasteiger partial charge in [-0.3, -0.25) is 4.79 Å². The third kappa shape index (κ3) is 2.38. The number of anilines is 1. The lowest BCUT2D eigenvalue weighted by atomic mass is 10.1. The molecule has 0 fully saturated rings. The van der Waals surface area contributed by atoms with Crippen molar-refractivity contribution < 1.29 is 4.79 Å². The van der Waals surface area contributed by atoms with Crippen LogP contribution in [0.1, 0.15) is 19.3 Å². The monoisotopic (exact) mass is 209 g/mol.